The van der Waals surface area contributed by atoms with Crippen molar-refractivity contribution < 1.29 is 0 Å². The highest BCUT2D eigenvalue weighted by atomic mass is 15.2. The molecule has 0 amide bonds. The Kier molecular flexibility index (Phi) is 3.33. The van der Waals surface area contributed by atoms with Crippen LogP contribution in [0.4, 0.5) is 11.4 Å². The maximum Gasteiger partial charge on any atom is 0.197 e. The molecular formula is C15H17N3. The molecule has 2 aromatic carbocycles. The summed E-state index contributed by atoms with van der Waals surface area (Å²) in [5, 5.41) is 7.78. The third kappa shape index (κ3) is 2.35. The number of hydrogen-bond donors (Lipinski definition) is 2. The average molecular weight is 239 g/mol. The molecule has 18 heavy (non-hydrogen) atoms. The van der Waals surface area contributed by atoms with Crippen molar-refractivity contribution in [3.05, 3.63) is 59.7 Å². The first-order chi connectivity index (χ1) is 8.59. The number of para-hydroxylation sites is 1. The normalized spacial score (nSPS) is 10.1. The number of rotatable bonds is 2. The molecule has 0 saturated carbocycles. The van der Waals surface area contributed by atoms with Crippen LogP contribution in [0.3, 0.4) is 0 Å². The summed E-state index contributed by atoms with van der Waals surface area (Å²) < 4.78 is 0. The molecule has 0 bridgehead atoms. The van der Waals surface area contributed by atoms with Gasteiger partial charge in [0.1, 0.15) is 0 Å². The minimum atomic E-state index is 0.0214. The Balaban J connectivity index is 2.52. The molecule has 2 rings (SSSR count). The van der Waals surface area contributed by atoms with E-state index in [9.17, 15) is 0 Å². The summed E-state index contributed by atoms with van der Waals surface area (Å²) in [5.41, 5.74) is 9.87. The molecule has 0 unspecified atom stereocenters. The maximum absolute atomic E-state index is 7.78. The van der Waals surface area contributed by atoms with E-state index in [0.29, 0.717) is 0 Å². The fraction of sp³-hybridized carbons (Fsp3) is 0.133. The van der Waals surface area contributed by atoms with E-state index in [0.717, 1.165) is 16.9 Å². The molecule has 0 atom stereocenters. The molecular weight excluding hydrogens is 222 g/mol. The van der Waals surface area contributed by atoms with Gasteiger partial charge in [0.05, 0.1) is 5.69 Å². The molecule has 0 fully saturated rings. The van der Waals surface area contributed by atoms with E-state index in [2.05, 4.69) is 13.0 Å². The quantitative estimate of drug-likeness (QED) is 0.624. The third-order valence-electron chi connectivity index (χ3n) is 2.85. The number of aryl methyl sites for hydroxylation is 2. The van der Waals surface area contributed by atoms with Crippen molar-refractivity contribution in [2.75, 3.05) is 4.90 Å². The number of nitrogens with zero attached hydrogens (tertiary/aromatic N) is 1. The molecule has 0 aromatic heterocycles. The molecule has 0 heterocycles. The summed E-state index contributed by atoms with van der Waals surface area (Å²) in [5.74, 6) is 0.0214. The fourth-order valence-electron chi connectivity index (χ4n) is 2.04. The largest absolute Gasteiger partial charge is 0.369 e. The van der Waals surface area contributed by atoms with E-state index in [1.54, 1.807) is 4.90 Å². The predicted molar refractivity (Wildman–Crippen MR) is 76.4 cm³/mol. The number of guanidine groups is 1. The first-order valence-electron chi connectivity index (χ1n) is 5.86. The standard InChI is InChI=1S/C15H17N3/c1-11-8-9-14(12(2)10-11)18(15(16)17)13-6-4-3-5-7-13/h3-10H,1-2H3,(H3,16,17). The number of nitrogens with one attached hydrogen (secondary N) is 1. The van der Waals surface area contributed by atoms with Crippen LogP contribution in [-0.4, -0.2) is 5.96 Å². The number of nitrogens with two attached hydrogens (primary N) is 1. The molecule has 92 valence electrons. The summed E-state index contributed by atoms with van der Waals surface area (Å²) in [6.45, 7) is 4.08. The van der Waals surface area contributed by atoms with Crippen LogP contribution >= 0.6 is 0 Å². The van der Waals surface area contributed by atoms with Crippen LogP contribution < -0.4 is 10.6 Å². The van der Waals surface area contributed by atoms with Gasteiger partial charge in [0.15, 0.2) is 5.96 Å². The van der Waals surface area contributed by atoms with Gasteiger partial charge < -0.3 is 5.73 Å². The zero-order valence-electron chi connectivity index (χ0n) is 10.6. The van der Waals surface area contributed by atoms with E-state index in [-0.39, 0.29) is 5.96 Å². The first kappa shape index (κ1) is 12.2. The van der Waals surface area contributed by atoms with Crippen LogP contribution in [0.2, 0.25) is 0 Å². The maximum atomic E-state index is 7.78. The molecule has 0 aliphatic rings. The second-order valence-electron chi connectivity index (χ2n) is 4.35. The van der Waals surface area contributed by atoms with Crippen molar-refractivity contribution >= 4 is 17.3 Å². The van der Waals surface area contributed by atoms with Gasteiger partial charge in [0, 0.05) is 5.69 Å². The lowest BCUT2D eigenvalue weighted by Crippen LogP contribution is -2.32. The monoisotopic (exact) mass is 239 g/mol. The van der Waals surface area contributed by atoms with Crippen molar-refractivity contribution in [1.82, 2.24) is 0 Å². The van der Waals surface area contributed by atoms with E-state index in [1.807, 2.05) is 49.4 Å². The van der Waals surface area contributed by atoms with Crippen LogP contribution in [0, 0.1) is 19.3 Å². The molecule has 0 aliphatic heterocycles. The molecule has 0 aliphatic carbocycles. The highest BCUT2D eigenvalue weighted by molar-refractivity contribution is 6.00. The first-order valence-corrected chi connectivity index (χ1v) is 5.86. The molecule has 0 radical (unpaired) electrons. The van der Waals surface area contributed by atoms with Crippen LogP contribution in [0.25, 0.3) is 0 Å². The van der Waals surface area contributed by atoms with Gasteiger partial charge in [0.2, 0.25) is 0 Å². The molecule has 2 aromatic rings. The Bertz CT molecular complexity index is 561. The van der Waals surface area contributed by atoms with Crippen molar-refractivity contribution in [3.8, 4) is 0 Å². The second-order valence-corrected chi connectivity index (χ2v) is 4.35. The Morgan fingerprint density at radius 3 is 2.28 bits per heavy atom. The number of anilines is 2. The fourth-order valence-corrected chi connectivity index (χ4v) is 2.04. The number of benzene rings is 2. The van der Waals surface area contributed by atoms with Crippen LogP contribution in [0.5, 0.6) is 0 Å². The summed E-state index contributed by atoms with van der Waals surface area (Å²) >= 11 is 0. The molecule has 3 heteroatoms. The third-order valence-corrected chi connectivity index (χ3v) is 2.85. The Hall–Kier alpha value is -2.29. The Morgan fingerprint density at radius 2 is 1.72 bits per heavy atom. The highest BCUT2D eigenvalue weighted by Gasteiger charge is 2.13. The van der Waals surface area contributed by atoms with Gasteiger partial charge in [-0.25, -0.2) is 0 Å². The zero-order valence-corrected chi connectivity index (χ0v) is 10.6. The van der Waals surface area contributed by atoms with Crippen LogP contribution in [0.15, 0.2) is 48.5 Å². The van der Waals surface area contributed by atoms with Gasteiger partial charge in [-0.3, -0.25) is 10.3 Å². The summed E-state index contributed by atoms with van der Waals surface area (Å²) in [6.07, 6.45) is 0. The van der Waals surface area contributed by atoms with Gasteiger partial charge >= 0.3 is 0 Å². The van der Waals surface area contributed by atoms with Crippen molar-refractivity contribution in [2.24, 2.45) is 5.73 Å². The van der Waals surface area contributed by atoms with E-state index in [4.69, 9.17) is 11.1 Å². The molecule has 3 nitrogen and oxygen atoms in total. The molecule has 0 saturated heterocycles. The topological polar surface area (TPSA) is 53.1 Å². The zero-order chi connectivity index (χ0) is 13.1. The number of hydrogen-bond acceptors (Lipinski definition) is 1. The summed E-state index contributed by atoms with van der Waals surface area (Å²) in [7, 11) is 0. The van der Waals surface area contributed by atoms with Crippen LogP contribution in [0.1, 0.15) is 11.1 Å². The van der Waals surface area contributed by atoms with Gasteiger partial charge in [-0.15, -0.1) is 0 Å². The van der Waals surface area contributed by atoms with Gasteiger partial charge in [-0.2, -0.15) is 0 Å². The highest BCUT2D eigenvalue weighted by Crippen LogP contribution is 2.28. The van der Waals surface area contributed by atoms with Gasteiger partial charge in [0.25, 0.3) is 0 Å². The summed E-state index contributed by atoms with van der Waals surface area (Å²) in [4.78, 5) is 1.74. The lowest BCUT2D eigenvalue weighted by molar-refractivity contribution is 1.22. The van der Waals surface area contributed by atoms with Gasteiger partial charge in [-0.05, 0) is 37.6 Å². The van der Waals surface area contributed by atoms with Crippen molar-refractivity contribution in [2.45, 2.75) is 13.8 Å². The van der Waals surface area contributed by atoms with E-state index >= 15 is 0 Å². The van der Waals surface area contributed by atoms with E-state index < -0.39 is 0 Å². The smallest absolute Gasteiger partial charge is 0.197 e. The van der Waals surface area contributed by atoms with E-state index in [1.165, 1.54) is 5.56 Å². The lowest BCUT2D eigenvalue weighted by atomic mass is 10.1. The van der Waals surface area contributed by atoms with Crippen LogP contribution in [-0.2, 0) is 0 Å². The SMILES string of the molecule is Cc1ccc(N(C(=N)N)c2ccccc2)c(C)c1. The van der Waals surface area contributed by atoms with Crippen molar-refractivity contribution in [3.63, 3.8) is 0 Å². The molecule has 3 N–H and O–H groups in total. The summed E-state index contributed by atoms with van der Waals surface area (Å²) in [6, 6.07) is 15.8. The predicted octanol–water partition coefficient (Wildman–Crippen LogP) is 3.34. The second kappa shape index (κ2) is 4.92. The minimum absolute atomic E-state index is 0.0214. The van der Waals surface area contributed by atoms with Crippen molar-refractivity contribution in [1.29, 1.82) is 5.41 Å². The minimum Gasteiger partial charge on any atom is -0.369 e. The molecule has 0 spiro atoms. The van der Waals surface area contributed by atoms with Gasteiger partial charge in [-0.1, -0.05) is 35.9 Å². The Morgan fingerprint density at radius 1 is 1.06 bits per heavy atom. The average Bonchev–Trinajstić information content (AvgIpc) is 2.33. The Labute approximate surface area is 107 Å². The lowest BCUT2D eigenvalue weighted by Gasteiger charge is -2.24.